The number of carbonyl (C=O) groups excluding carboxylic acids is 1. The molecule has 31 heavy (non-hydrogen) atoms. The number of ether oxygens (including phenoxy) is 1. The van der Waals surface area contributed by atoms with Gasteiger partial charge in [0.05, 0.1) is 11.3 Å². The fraction of sp³-hybridized carbons (Fsp3) is 0.238. The zero-order valence-electron chi connectivity index (χ0n) is 16.3. The Morgan fingerprint density at radius 3 is 2.61 bits per heavy atom. The molecule has 0 saturated heterocycles. The van der Waals surface area contributed by atoms with Gasteiger partial charge in [0.2, 0.25) is 0 Å². The van der Waals surface area contributed by atoms with E-state index in [4.69, 9.17) is 4.74 Å². The Balaban J connectivity index is 1.46. The fourth-order valence-electron chi connectivity index (χ4n) is 2.70. The number of benzene rings is 1. The largest absolute Gasteiger partial charge is 0.484 e. The number of alkyl halides is 3. The molecule has 0 unspecified atom stereocenters. The topological polar surface area (TPSA) is 86.1 Å². The first kappa shape index (κ1) is 22.0. The van der Waals surface area contributed by atoms with E-state index >= 15 is 0 Å². The molecule has 1 N–H and O–H groups in total. The number of carbonyl (C=O) groups is 1. The van der Waals surface area contributed by atoms with Crippen LogP contribution in [0.5, 0.6) is 5.75 Å². The Morgan fingerprint density at radius 1 is 1.10 bits per heavy atom. The first-order chi connectivity index (χ1) is 14.8. The molecule has 0 radical (unpaired) electrons. The van der Waals surface area contributed by atoms with Gasteiger partial charge in [-0.2, -0.15) is 18.3 Å². The summed E-state index contributed by atoms with van der Waals surface area (Å²) < 4.78 is 44.5. The highest BCUT2D eigenvalue weighted by molar-refractivity contribution is 5.77. The van der Waals surface area contributed by atoms with Crippen LogP contribution in [0.1, 0.15) is 12.0 Å². The number of nitrogens with zero attached hydrogens (tertiary/aromatic N) is 3. The lowest BCUT2D eigenvalue weighted by Crippen LogP contribution is -2.31. The molecule has 7 nitrogen and oxygen atoms in total. The molecule has 3 aromatic rings. The lowest BCUT2D eigenvalue weighted by molar-refractivity contribution is -0.137. The van der Waals surface area contributed by atoms with Crippen LogP contribution in [0.3, 0.4) is 0 Å². The van der Waals surface area contributed by atoms with E-state index in [1.165, 1.54) is 22.9 Å². The molecule has 0 aliphatic rings. The van der Waals surface area contributed by atoms with Crippen LogP contribution in [0.2, 0.25) is 0 Å². The van der Waals surface area contributed by atoms with Gasteiger partial charge in [-0.05, 0) is 42.8 Å². The van der Waals surface area contributed by atoms with Crippen molar-refractivity contribution in [2.45, 2.75) is 19.1 Å². The van der Waals surface area contributed by atoms with E-state index in [2.05, 4.69) is 15.4 Å². The van der Waals surface area contributed by atoms with Gasteiger partial charge in [0.15, 0.2) is 6.61 Å². The van der Waals surface area contributed by atoms with Gasteiger partial charge in [-0.15, -0.1) is 0 Å². The van der Waals surface area contributed by atoms with Crippen molar-refractivity contribution in [3.05, 3.63) is 76.8 Å². The van der Waals surface area contributed by atoms with Gasteiger partial charge in [0.25, 0.3) is 11.5 Å². The normalized spacial score (nSPS) is 11.2. The Kier molecular flexibility index (Phi) is 7.01. The molecule has 1 amide bonds. The van der Waals surface area contributed by atoms with Crippen LogP contribution in [0.4, 0.5) is 13.2 Å². The van der Waals surface area contributed by atoms with Gasteiger partial charge in [0, 0.05) is 37.1 Å². The van der Waals surface area contributed by atoms with Crippen molar-refractivity contribution in [1.29, 1.82) is 0 Å². The molecule has 1 aromatic carbocycles. The maximum atomic E-state index is 12.7. The van der Waals surface area contributed by atoms with Crippen molar-refractivity contribution in [3.8, 4) is 17.0 Å². The average molecular weight is 432 g/mol. The smallest absolute Gasteiger partial charge is 0.416 e. The van der Waals surface area contributed by atoms with Crippen LogP contribution in [-0.2, 0) is 17.5 Å². The van der Waals surface area contributed by atoms with E-state index in [9.17, 15) is 22.8 Å². The monoisotopic (exact) mass is 432 g/mol. The molecule has 0 saturated carbocycles. The molecule has 3 rings (SSSR count). The standard InChI is InChI=1S/C21H19F3N4O3/c22-21(23,24)16-3-1-4-17(13-16)31-14-19(29)26-9-2-12-28-20(30)6-5-18(27-28)15-7-10-25-11-8-15/h1,3-8,10-11,13H,2,9,12,14H2,(H,26,29). The van der Waals surface area contributed by atoms with Crippen LogP contribution in [0, 0.1) is 0 Å². The second-order valence-electron chi connectivity index (χ2n) is 6.53. The van der Waals surface area contributed by atoms with Crippen molar-refractivity contribution in [3.63, 3.8) is 0 Å². The van der Waals surface area contributed by atoms with Gasteiger partial charge in [0.1, 0.15) is 5.75 Å². The summed E-state index contributed by atoms with van der Waals surface area (Å²) in [7, 11) is 0. The summed E-state index contributed by atoms with van der Waals surface area (Å²) in [6, 6.07) is 10.9. The zero-order chi connectivity index (χ0) is 22.3. The molecule has 0 bridgehead atoms. The lowest BCUT2D eigenvalue weighted by atomic mass is 10.2. The second kappa shape index (κ2) is 9.88. The minimum absolute atomic E-state index is 0.0475. The van der Waals surface area contributed by atoms with E-state index in [-0.39, 0.29) is 24.4 Å². The minimum Gasteiger partial charge on any atom is -0.484 e. The molecule has 0 aliphatic heterocycles. The third-order valence-electron chi connectivity index (χ3n) is 4.24. The van der Waals surface area contributed by atoms with Crippen molar-refractivity contribution in [1.82, 2.24) is 20.1 Å². The maximum absolute atomic E-state index is 12.7. The number of aryl methyl sites for hydroxylation is 1. The first-order valence-electron chi connectivity index (χ1n) is 9.38. The Morgan fingerprint density at radius 2 is 1.87 bits per heavy atom. The molecule has 0 spiro atoms. The molecule has 2 heterocycles. The highest BCUT2D eigenvalue weighted by Crippen LogP contribution is 2.31. The average Bonchev–Trinajstić information content (AvgIpc) is 2.76. The maximum Gasteiger partial charge on any atom is 0.416 e. The first-order valence-corrected chi connectivity index (χ1v) is 9.38. The van der Waals surface area contributed by atoms with Gasteiger partial charge in [-0.25, -0.2) is 4.68 Å². The SMILES string of the molecule is O=C(COc1cccc(C(F)(F)F)c1)NCCCn1nc(-c2ccncc2)ccc1=O. The summed E-state index contributed by atoms with van der Waals surface area (Å²) in [6.07, 6.45) is -0.794. The van der Waals surface area contributed by atoms with E-state index in [1.54, 1.807) is 30.6 Å². The second-order valence-corrected chi connectivity index (χ2v) is 6.53. The zero-order valence-corrected chi connectivity index (χ0v) is 16.3. The summed E-state index contributed by atoms with van der Waals surface area (Å²) in [5.41, 5.74) is 0.332. The number of aromatic nitrogens is 3. The molecule has 0 fully saturated rings. The lowest BCUT2D eigenvalue weighted by Gasteiger charge is -2.11. The van der Waals surface area contributed by atoms with E-state index < -0.39 is 24.3 Å². The van der Waals surface area contributed by atoms with E-state index in [1.807, 2.05) is 0 Å². The van der Waals surface area contributed by atoms with Crippen molar-refractivity contribution < 1.29 is 22.7 Å². The number of hydrogen-bond donors (Lipinski definition) is 1. The minimum atomic E-state index is -4.48. The Bertz CT molecular complexity index is 1080. The van der Waals surface area contributed by atoms with E-state index in [0.717, 1.165) is 17.7 Å². The van der Waals surface area contributed by atoms with Gasteiger partial charge >= 0.3 is 6.18 Å². The van der Waals surface area contributed by atoms with Crippen LogP contribution >= 0.6 is 0 Å². The third kappa shape index (κ3) is 6.39. The van der Waals surface area contributed by atoms with Crippen molar-refractivity contribution >= 4 is 5.91 Å². The molecule has 2 aromatic heterocycles. The van der Waals surface area contributed by atoms with Gasteiger partial charge in [-0.3, -0.25) is 14.6 Å². The highest BCUT2D eigenvalue weighted by Gasteiger charge is 2.30. The molecular formula is C21H19F3N4O3. The number of halogens is 3. The van der Waals surface area contributed by atoms with Crippen LogP contribution in [0.25, 0.3) is 11.3 Å². The van der Waals surface area contributed by atoms with Crippen molar-refractivity contribution in [2.24, 2.45) is 0 Å². The summed E-state index contributed by atoms with van der Waals surface area (Å²) in [5, 5.41) is 6.91. The summed E-state index contributed by atoms with van der Waals surface area (Å²) >= 11 is 0. The Hall–Kier alpha value is -3.69. The van der Waals surface area contributed by atoms with Crippen molar-refractivity contribution in [2.75, 3.05) is 13.2 Å². The predicted octanol–water partition coefficient (Wildman–Crippen LogP) is 2.91. The van der Waals surface area contributed by atoms with Gasteiger partial charge < -0.3 is 10.1 Å². The number of pyridine rings is 1. The predicted molar refractivity (Wildman–Crippen MR) is 106 cm³/mol. The highest BCUT2D eigenvalue weighted by atomic mass is 19.4. The Labute approximate surface area is 175 Å². The van der Waals surface area contributed by atoms with Crippen LogP contribution < -0.4 is 15.6 Å². The molecule has 0 atom stereocenters. The number of rotatable bonds is 8. The molecule has 0 aliphatic carbocycles. The van der Waals surface area contributed by atoms with Crippen LogP contribution in [0.15, 0.2) is 65.7 Å². The number of hydrogen-bond acceptors (Lipinski definition) is 5. The third-order valence-corrected chi connectivity index (χ3v) is 4.24. The summed E-state index contributed by atoms with van der Waals surface area (Å²) in [5.74, 6) is -0.531. The van der Waals surface area contributed by atoms with Gasteiger partial charge in [-0.1, -0.05) is 6.07 Å². The summed E-state index contributed by atoms with van der Waals surface area (Å²) in [6.45, 7) is 0.113. The number of amides is 1. The molecular weight excluding hydrogens is 413 g/mol. The van der Waals surface area contributed by atoms with Crippen LogP contribution in [-0.4, -0.2) is 33.8 Å². The van der Waals surface area contributed by atoms with E-state index in [0.29, 0.717) is 12.1 Å². The number of nitrogens with one attached hydrogen (secondary N) is 1. The quantitative estimate of drug-likeness (QED) is 0.554. The molecule has 162 valence electrons. The fourth-order valence-corrected chi connectivity index (χ4v) is 2.70. The molecule has 10 heteroatoms. The summed E-state index contributed by atoms with van der Waals surface area (Å²) in [4.78, 5) is 27.8.